The van der Waals surface area contributed by atoms with Crippen LogP contribution in [0.1, 0.15) is 12.0 Å². The van der Waals surface area contributed by atoms with Crippen LogP contribution in [0.5, 0.6) is 0 Å². The van der Waals surface area contributed by atoms with Gasteiger partial charge in [-0.3, -0.25) is 9.10 Å². The number of amides is 1. The van der Waals surface area contributed by atoms with Gasteiger partial charge in [0, 0.05) is 12.2 Å². The predicted molar refractivity (Wildman–Crippen MR) is 98.6 cm³/mol. The minimum absolute atomic E-state index is 0.112. The minimum atomic E-state index is -3.21. The summed E-state index contributed by atoms with van der Waals surface area (Å²) < 4.78 is 38.7. The number of benzene rings is 2. The largest absolute Gasteiger partial charge is 0.326 e. The highest BCUT2D eigenvalue weighted by molar-refractivity contribution is 9.10. The molecule has 0 radical (unpaired) electrons. The van der Waals surface area contributed by atoms with Gasteiger partial charge in [0.25, 0.3) is 0 Å². The van der Waals surface area contributed by atoms with Crippen LogP contribution in [-0.4, -0.2) is 26.6 Å². The number of anilines is 2. The molecule has 0 saturated carbocycles. The Balaban J connectivity index is 1.65. The van der Waals surface area contributed by atoms with Crippen LogP contribution in [0, 0.1) is 5.82 Å². The second-order valence-corrected chi connectivity index (χ2v) is 8.63. The molecule has 8 heteroatoms. The second kappa shape index (κ2) is 7.13. The maximum absolute atomic E-state index is 13.2. The summed E-state index contributed by atoms with van der Waals surface area (Å²) in [5.74, 6) is -0.449. The van der Waals surface area contributed by atoms with Crippen molar-refractivity contribution in [2.45, 2.75) is 12.8 Å². The lowest BCUT2D eigenvalue weighted by molar-refractivity contribution is -0.115. The predicted octanol–water partition coefficient (Wildman–Crippen LogP) is 3.31. The molecular weight excluding hydrogens is 411 g/mol. The normalized spacial score (nSPS) is 16.0. The third kappa shape index (κ3) is 4.19. The van der Waals surface area contributed by atoms with Crippen LogP contribution < -0.4 is 9.62 Å². The van der Waals surface area contributed by atoms with Gasteiger partial charge in [0.1, 0.15) is 5.82 Å². The molecule has 0 spiro atoms. The zero-order valence-electron chi connectivity index (χ0n) is 13.2. The molecule has 2 aromatic carbocycles. The number of carbonyl (C=O) groups is 1. The van der Waals surface area contributed by atoms with Crippen molar-refractivity contribution in [3.05, 3.63) is 58.3 Å². The molecule has 1 fully saturated rings. The lowest BCUT2D eigenvalue weighted by atomic mass is 10.1. The molecule has 3 rings (SSSR count). The summed E-state index contributed by atoms with van der Waals surface area (Å²) in [7, 11) is -3.21. The van der Waals surface area contributed by atoms with Gasteiger partial charge in [-0.15, -0.1) is 0 Å². The van der Waals surface area contributed by atoms with Crippen molar-refractivity contribution in [3.8, 4) is 0 Å². The van der Waals surface area contributed by atoms with Crippen molar-refractivity contribution in [2.24, 2.45) is 0 Å². The molecular formula is C17H16BrFN2O3S. The first kappa shape index (κ1) is 17.9. The summed E-state index contributed by atoms with van der Waals surface area (Å²) in [6.45, 7) is 0.480. The molecule has 0 atom stereocenters. The molecule has 1 saturated heterocycles. The topological polar surface area (TPSA) is 66.5 Å². The lowest BCUT2D eigenvalue weighted by Crippen LogP contribution is -2.25. The average Bonchev–Trinajstić information content (AvgIpc) is 2.91. The van der Waals surface area contributed by atoms with Crippen LogP contribution in [0.15, 0.2) is 46.9 Å². The van der Waals surface area contributed by atoms with Gasteiger partial charge in [-0.1, -0.05) is 6.07 Å². The maximum atomic E-state index is 13.2. The van der Waals surface area contributed by atoms with Crippen molar-refractivity contribution in [3.63, 3.8) is 0 Å². The minimum Gasteiger partial charge on any atom is -0.326 e. The van der Waals surface area contributed by atoms with Crippen molar-refractivity contribution < 1.29 is 17.6 Å². The molecule has 1 aliphatic heterocycles. The summed E-state index contributed by atoms with van der Waals surface area (Å²) in [5, 5.41) is 2.75. The van der Waals surface area contributed by atoms with E-state index in [4.69, 9.17) is 0 Å². The van der Waals surface area contributed by atoms with Crippen molar-refractivity contribution >= 4 is 43.2 Å². The van der Waals surface area contributed by atoms with E-state index in [9.17, 15) is 17.6 Å². The van der Waals surface area contributed by atoms with Gasteiger partial charge in [0.15, 0.2) is 0 Å². The zero-order valence-corrected chi connectivity index (χ0v) is 15.6. The monoisotopic (exact) mass is 426 g/mol. The molecule has 132 valence electrons. The summed E-state index contributed by atoms with van der Waals surface area (Å²) >= 11 is 3.09. The number of rotatable bonds is 4. The van der Waals surface area contributed by atoms with E-state index >= 15 is 0 Å². The molecule has 1 amide bonds. The standard InChI is InChI=1S/C17H16BrFN2O3S/c18-15-10-12(2-7-16(15)19)11-17(22)20-13-3-5-14(6-4-13)21-8-1-9-25(21,23)24/h2-7,10H,1,8-9,11H2,(H,20,22). The fraction of sp³-hybridized carbons (Fsp3) is 0.235. The number of sulfonamides is 1. The lowest BCUT2D eigenvalue weighted by Gasteiger charge is -2.17. The number of nitrogens with one attached hydrogen (secondary N) is 1. The molecule has 0 unspecified atom stereocenters. The molecule has 0 aliphatic carbocycles. The van der Waals surface area contributed by atoms with Gasteiger partial charge in [0.05, 0.1) is 22.3 Å². The molecule has 0 bridgehead atoms. The van der Waals surface area contributed by atoms with Gasteiger partial charge in [-0.2, -0.15) is 0 Å². The van der Waals surface area contributed by atoms with E-state index in [1.54, 1.807) is 36.4 Å². The Hall–Kier alpha value is -1.93. The highest BCUT2D eigenvalue weighted by Gasteiger charge is 2.28. The zero-order chi connectivity index (χ0) is 18.0. The highest BCUT2D eigenvalue weighted by Crippen LogP contribution is 2.25. The molecule has 0 aromatic heterocycles. The first-order valence-corrected chi connectivity index (χ1v) is 10.1. The number of carbonyl (C=O) groups excluding carboxylic acids is 1. The van der Waals surface area contributed by atoms with Crippen molar-refractivity contribution in [1.82, 2.24) is 0 Å². The van der Waals surface area contributed by atoms with Crippen LogP contribution in [0.3, 0.4) is 0 Å². The molecule has 1 N–H and O–H groups in total. The van der Waals surface area contributed by atoms with E-state index in [2.05, 4.69) is 21.2 Å². The molecule has 25 heavy (non-hydrogen) atoms. The molecule has 1 heterocycles. The quantitative estimate of drug-likeness (QED) is 0.815. The second-order valence-electron chi connectivity index (χ2n) is 5.76. The molecule has 2 aromatic rings. The Bertz CT molecular complexity index is 901. The van der Waals surface area contributed by atoms with Crippen LogP contribution in [-0.2, 0) is 21.2 Å². The van der Waals surface area contributed by atoms with E-state index in [1.807, 2.05) is 0 Å². The fourth-order valence-electron chi connectivity index (χ4n) is 2.68. The van der Waals surface area contributed by atoms with Gasteiger partial charge in [-0.25, -0.2) is 12.8 Å². The van der Waals surface area contributed by atoms with Crippen LogP contribution >= 0.6 is 15.9 Å². The van der Waals surface area contributed by atoms with Crippen molar-refractivity contribution in [2.75, 3.05) is 21.9 Å². The van der Waals surface area contributed by atoms with Gasteiger partial charge < -0.3 is 5.32 Å². The Morgan fingerprint density at radius 2 is 1.92 bits per heavy atom. The molecule has 5 nitrogen and oxygen atoms in total. The van der Waals surface area contributed by atoms with Crippen LogP contribution in [0.4, 0.5) is 15.8 Å². The van der Waals surface area contributed by atoms with Crippen LogP contribution in [0.2, 0.25) is 0 Å². The van der Waals surface area contributed by atoms with Crippen molar-refractivity contribution in [1.29, 1.82) is 0 Å². The smallest absolute Gasteiger partial charge is 0.235 e. The fourth-order valence-corrected chi connectivity index (χ4v) is 4.67. The first-order valence-electron chi connectivity index (χ1n) is 7.69. The SMILES string of the molecule is O=C(Cc1ccc(F)c(Br)c1)Nc1ccc(N2CCCS2(=O)=O)cc1. The summed E-state index contributed by atoms with van der Waals surface area (Å²) in [6.07, 6.45) is 0.731. The highest BCUT2D eigenvalue weighted by atomic mass is 79.9. The van der Waals surface area contributed by atoms with Gasteiger partial charge in [-0.05, 0) is 64.3 Å². The number of hydrogen-bond acceptors (Lipinski definition) is 3. The maximum Gasteiger partial charge on any atom is 0.235 e. The Labute approximate surface area is 154 Å². The van der Waals surface area contributed by atoms with Gasteiger partial charge >= 0.3 is 0 Å². The van der Waals surface area contributed by atoms with E-state index in [0.29, 0.717) is 34.4 Å². The number of nitrogens with zero attached hydrogens (tertiary/aromatic N) is 1. The van der Waals surface area contributed by atoms with E-state index in [0.717, 1.165) is 0 Å². The van der Waals surface area contributed by atoms with E-state index < -0.39 is 10.0 Å². The average molecular weight is 427 g/mol. The van der Waals surface area contributed by atoms with Crippen LogP contribution in [0.25, 0.3) is 0 Å². The third-order valence-electron chi connectivity index (χ3n) is 3.89. The van der Waals surface area contributed by atoms with Gasteiger partial charge in [0.2, 0.25) is 15.9 Å². The molecule has 1 aliphatic rings. The summed E-state index contributed by atoms with van der Waals surface area (Å²) in [6, 6.07) is 11.1. The third-order valence-corrected chi connectivity index (χ3v) is 6.36. The number of hydrogen-bond donors (Lipinski definition) is 1. The first-order chi connectivity index (χ1) is 11.8. The van der Waals surface area contributed by atoms with E-state index in [-0.39, 0.29) is 23.9 Å². The number of halogens is 2. The Morgan fingerprint density at radius 3 is 2.52 bits per heavy atom. The summed E-state index contributed by atoms with van der Waals surface area (Å²) in [4.78, 5) is 12.1. The summed E-state index contributed by atoms with van der Waals surface area (Å²) in [5.41, 5.74) is 1.86. The van der Waals surface area contributed by atoms with E-state index in [1.165, 1.54) is 10.4 Å². The Morgan fingerprint density at radius 1 is 1.20 bits per heavy atom. The Kier molecular flexibility index (Phi) is 5.10.